The molecule has 4 bridgehead atoms. The van der Waals surface area contributed by atoms with Crippen LogP contribution < -0.4 is 16.2 Å². The molecule has 7 atom stereocenters. The Balaban J connectivity index is 1.82. The molecular weight excluding hydrogens is 408 g/mol. The van der Waals surface area contributed by atoms with Crippen molar-refractivity contribution in [1.29, 1.82) is 0 Å². The molecule has 170 valence electrons. The van der Waals surface area contributed by atoms with Gasteiger partial charge in [-0.1, -0.05) is 19.3 Å². The highest BCUT2D eigenvalue weighted by Crippen LogP contribution is 2.41. The van der Waals surface area contributed by atoms with Gasteiger partial charge in [0.05, 0.1) is 18.1 Å². The number of hydrazine groups is 1. The molecule has 3 heterocycles. The number of alkyl halides is 6. The summed E-state index contributed by atoms with van der Waals surface area (Å²) in [6.07, 6.45) is -13.4. The van der Waals surface area contributed by atoms with Crippen molar-refractivity contribution in [2.75, 3.05) is 0 Å². The maximum atomic E-state index is 13.6. The fraction of sp³-hybridized carbons (Fsp3) is 1.00. The zero-order chi connectivity index (χ0) is 21.4. The zero-order valence-electron chi connectivity index (χ0n) is 15.9. The van der Waals surface area contributed by atoms with Gasteiger partial charge in [0.2, 0.25) is 5.60 Å². The summed E-state index contributed by atoms with van der Waals surface area (Å²) in [6, 6.07) is -0.719. The first-order valence-corrected chi connectivity index (χ1v) is 9.85. The summed E-state index contributed by atoms with van der Waals surface area (Å²) in [6.45, 7) is 1.65. The van der Waals surface area contributed by atoms with Crippen molar-refractivity contribution in [3.63, 3.8) is 0 Å². The van der Waals surface area contributed by atoms with E-state index in [9.17, 15) is 31.4 Å². The Morgan fingerprint density at radius 1 is 0.897 bits per heavy atom. The lowest BCUT2D eigenvalue weighted by Gasteiger charge is -2.41. The third-order valence-corrected chi connectivity index (χ3v) is 5.93. The highest BCUT2D eigenvalue weighted by Gasteiger charge is 2.61. The van der Waals surface area contributed by atoms with Crippen LogP contribution in [-0.4, -0.2) is 53.9 Å². The average Bonchev–Trinajstić information content (AvgIpc) is 3.09. The third kappa shape index (κ3) is 4.99. The second-order valence-electron chi connectivity index (χ2n) is 8.11. The number of rotatable bonds is 0. The Morgan fingerprint density at radius 3 is 2.28 bits per heavy atom. The Bertz CT molecular complexity index is 564. The van der Waals surface area contributed by atoms with Crippen molar-refractivity contribution in [3.05, 3.63) is 0 Å². The Kier molecular flexibility index (Phi) is 6.72. The van der Waals surface area contributed by atoms with Crippen LogP contribution in [0.5, 0.6) is 0 Å². The van der Waals surface area contributed by atoms with Crippen LogP contribution in [0.2, 0.25) is 0 Å². The second kappa shape index (κ2) is 8.46. The lowest BCUT2D eigenvalue weighted by atomic mass is 9.90. The first kappa shape index (κ1) is 23.0. The average molecular weight is 435 g/mol. The number of hydrogen-bond donors (Lipinski definition) is 4. The molecule has 0 saturated carbocycles. The monoisotopic (exact) mass is 435 g/mol. The van der Waals surface area contributed by atoms with Crippen LogP contribution >= 0.6 is 0 Å². The van der Waals surface area contributed by atoms with Crippen molar-refractivity contribution in [3.8, 4) is 0 Å². The van der Waals surface area contributed by atoms with E-state index >= 15 is 0 Å². The molecule has 0 aromatic rings. The number of halogens is 6. The molecule has 3 fully saturated rings. The minimum Gasteiger partial charge on any atom is -0.377 e. The molecule has 3 rings (SSSR count). The van der Waals surface area contributed by atoms with Gasteiger partial charge in [0, 0.05) is 0 Å². The van der Waals surface area contributed by atoms with Crippen molar-refractivity contribution in [2.24, 2.45) is 5.92 Å². The van der Waals surface area contributed by atoms with Crippen molar-refractivity contribution >= 4 is 0 Å². The van der Waals surface area contributed by atoms with Gasteiger partial charge in [0.25, 0.3) is 0 Å². The standard InChI is InChI=1S/C17H27F6N3O3/c1-9-5-3-2-4-8-15(27,17(21,22)23)14-26-25-13(29-14)11-7-6-10(16(18,19)20)12(24-11)28-9/h9-14,24-27H,2-8H2,1H3/t9-,10?,11?,12?,13?,14?,15+/m0/s1. The van der Waals surface area contributed by atoms with Gasteiger partial charge < -0.3 is 14.6 Å². The van der Waals surface area contributed by atoms with Crippen LogP contribution in [0, 0.1) is 5.92 Å². The van der Waals surface area contributed by atoms with E-state index in [1.165, 1.54) is 0 Å². The Labute approximate surface area is 164 Å². The predicted octanol–water partition coefficient (Wildman–Crippen LogP) is 2.68. The number of hydrogen-bond acceptors (Lipinski definition) is 6. The van der Waals surface area contributed by atoms with E-state index in [0.29, 0.717) is 19.3 Å². The van der Waals surface area contributed by atoms with E-state index in [0.717, 1.165) is 0 Å². The smallest absolute Gasteiger partial charge is 0.377 e. The molecule has 3 aliphatic heterocycles. The molecule has 12 heteroatoms. The molecule has 3 saturated heterocycles. The van der Waals surface area contributed by atoms with Gasteiger partial charge in [0.1, 0.15) is 12.5 Å². The molecule has 0 radical (unpaired) electrons. The second-order valence-corrected chi connectivity index (χ2v) is 8.11. The highest BCUT2D eigenvalue weighted by atomic mass is 19.4. The van der Waals surface area contributed by atoms with E-state index < -0.39 is 61.1 Å². The summed E-state index contributed by atoms with van der Waals surface area (Å²) in [5.41, 5.74) is 1.77. The molecule has 0 aromatic carbocycles. The number of piperidine rings is 1. The van der Waals surface area contributed by atoms with Crippen LogP contribution in [-0.2, 0) is 9.47 Å². The first-order chi connectivity index (χ1) is 13.4. The molecule has 0 aliphatic carbocycles. The summed E-state index contributed by atoms with van der Waals surface area (Å²) in [7, 11) is 0. The van der Waals surface area contributed by atoms with E-state index in [4.69, 9.17) is 9.47 Å². The van der Waals surface area contributed by atoms with Gasteiger partial charge in [-0.2, -0.15) is 26.3 Å². The molecule has 0 spiro atoms. The van der Waals surface area contributed by atoms with Crippen LogP contribution in [0.4, 0.5) is 26.3 Å². The number of fused-ring (bicyclic) bond motifs is 5. The van der Waals surface area contributed by atoms with Crippen molar-refractivity contribution < 1.29 is 40.9 Å². The summed E-state index contributed by atoms with van der Waals surface area (Å²) in [4.78, 5) is 0. The molecule has 5 unspecified atom stereocenters. The highest BCUT2D eigenvalue weighted by molar-refractivity contribution is 4.98. The quantitative estimate of drug-likeness (QED) is 0.439. The van der Waals surface area contributed by atoms with E-state index in [1.54, 1.807) is 6.92 Å². The lowest BCUT2D eigenvalue weighted by Crippen LogP contribution is -2.59. The predicted molar refractivity (Wildman–Crippen MR) is 89.1 cm³/mol. The van der Waals surface area contributed by atoms with Gasteiger partial charge in [-0.3, -0.25) is 5.32 Å². The topological polar surface area (TPSA) is 74.8 Å². The molecule has 0 amide bonds. The van der Waals surface area contributed by atoms with Crippen LogP contribution in [0.15, 0.2) is 0 Å². The maximum absolute atomic E-state index is 13.6. The first-order valence-electron chi connectivity index (χ1n) is 9.85. The minimum absolute atomic E-state index is 0.0227. The molecule has 29 heavy (non-hydrogen) atoms. The fourth-order valence-electron chi connectivity index (χ4n) is 4.17. The summed E-state index contributed by atoms with van der Waals surface area (Å²) in [5.74, 6) is -1.72. The largest absolute Gasteiger partial charge is 0.421 e. The Hall–Kier alpha value is -0.660. The summed E-state index contributed by atoms with van der Waals surface area (Å²) in [5, 5.41) is 13.1. The number of aliphatic hydroxyl groups is 1. The van der Waals surface area contributed by atoms with Crippen LogP contribution in [0.3, 0.4) is 0 Å². The Morgan fingerprint density at radius 2 is 1.62 bits per heavy atom. The van der Waals surface area contributed by atoms with Gasteiger partial charge in [-0.15, -0.1) is 0 Å². The third-order valence-electron chi connectivity index (χ3n) is 5.93. The van der Waals surface area contributed by atoms with Crippen molar-refractivity contribution in [1.82, 2.24) is 16.2 Å². The number of ether oxygens (including phenoxy) is 2. The van der Waals surface area contributed by atoms with E-state index in [2.05, 4.69) is 16.2 Å². The van der Waals surface area contributed by atoms with Gasteiger partial charge in [-0.25, -0.2) is 10.9 Å². The van der Waals surface area contributed by atoms with Crippen LogP contribution in [0.25, 0.3) is 0 Å². The lowest BCUT2D eigenvalue weighted by molar-refractivity contribution is -0.301. The SMILES string of the molecule is C[C@H]1CCCCC[C@](O)(C(F)(F)F)C2NNC(O2)C2CCC(C(F)(F)F)C(N2)O1. The summed E-state index contributed by atoms with van der Waals surface area (Å²) < 4.78 is 92.1. The van der Waals surface area contributed by atoms with E-state index in [-0.39, 0.29) is 19.3 Å². The van der Waals surface area contributed by atoms with Gasteiger partial charge >= 0.3 is 12.4 Å². The zero-order valence-corrected chi connectivity index (χ0v) is 15.9. The summed E-state index contributed by atoms with van der Waals surface area (Å²) >= 11 is 0. The number of nitrogens with one attached hydrogen (secondary N) is 3. The maximum Gasteiger partial charge on any atom is 0.421 e. The van der Waals surface area contributed by atoms with Crippen LogP contribution in [0.1, 0.15) is 51.9 Å². The normalized spacial score (nSPS) is 43.0. The fourth-order valence-corrected chi connectivity index (χ4v) is 4.17. The van der Waals surface area contributed by atoms with E-state index in [1.807, 2.05) is 0 Å². The minimum atomic E-state index is -4.93. The van der Waals surface area contributed by atoms with Gasteiger partial charge in [-0.05, 0) is 32.6 Å². The molecule has 0 aromatic heterocycles. The molecular formula is C17H27F6N3O3. The molecule has 3 aliphatic rings. The van der Waals surface area contributed by atoms with Crippen molar-refractivity contribution in [2.45, 2.75) is 101 Å². The molecule has 4 N–H and O–H groups in total. The molecule has 6 nitrogen and oxygen atoms in total. The van der Waals surface area contributed by atoms with Gasteiger partial charge in [0.15, 0.2) is 6.23 Å².